The van der Waals surface area contributed by atoms with Gasteiger partial charge < -0.3 is 15.2 Å². The lowest BCUT2D eigenvalue weighted by Crippen LogP contribution is -2.20. The van der Waals surface area contributed by atoms with Gasteiger partial charge in [0.25, 0.3) is 0 Å². The molecule has 3 aromatic rings. The van der Waals surface area contributed by atoms with E-state index in [1.165, 1.54) is 13.0 Å². The largest absolute Gasteiger partial charge is 0.573 e. The van der Waals surface area contributed by atoms with E-state index in [-0.39, 0.29) is 29.2 Å². The first-order valence-corrected chi connectivity index (χ1v) is 9.19. The van der Waals surface area contributed by atoms with Gasteiger partial charge in [-0.05, 0) is 30.7 Å². The monoisotopic (exact) mass is 435 g/mol. The van der Waals surface area contributed by atoms with Gasteiger partial charge in [-0.3, -0.25) is 4.79 Å². The highest BCUT2D eigenvalue weighted by Crippen LogP contribution is 2.42. The molecule has 3 aromatic carbocycles. The summed E-state index contributed by atoms with van der Waals surface area (Å²) >= 11 is 5.85. The number of ether oxygens (including phenoxy) is 2. The molecule has 2 N–H and O–H groups in total. The third-order valence-electron chi connectivity index (χ3n) is 4.31. The zero-order chi connectivity index (χ0) is 21.9. The van der Waals surface area contributed by atoms with Crippen molar-refractivity contribution >= 4 is 23.1 Å². The molecule has 0 saturated heterocycles. The normalized spacial score (nSPS) is 11.2. The number of anilines is 1. The third kappa shape index (κ3) is 5.04. The van der Waals surface area contributed by atoms with E-state index in [9.17, 15) is 18.0 Å². The second-order valence-corrected chi connectivity index (χ2v) is 6.89. The molecule has 30 heavy (non-hydrogen) atoms. The zero-order valence-corrected chi connectivity index (χ0v) is 16.6. The van der Waals surface area contributed by atoms with Crippen LogP contribution in [0.5, 0.6) is 11.5 Å². The Hall–Kier alpha value is -3.19. The molecular formula is C22H17ClF3NO3. The van der Waals surface area contributed by atoms with Gasteiger partial charge in [-0.25, -0.2) is 0 Å². The van der Waals surface area contributed by atoms with E-state index in [0.29, 0.717) is 16.1 Å². The number of rotatable bonds is 6. The van der Waals surface area contributed by atoms with Crippen LogP contribution in [0.1, 0.15) is 27.0 Å². The number of carbonyl (C=O) groups excluding carboxylic acids is 1. The summed E-state index contributed by atoms with van der Waals surface area (Å²) in [7, 11) is 0. The maximum absolute atomic E-state index is 12.9. The van der Waals surface area contributed by atoms with Crippen molar-refractivity contribution in [3.63, 3.8) is 0 Å². The minimum atomic E-state index is -4.98. The van der Waals surface area contributed by atoms with Gasteiger partial charge in [-0.2, -0.15) is 0 Å². The molecule has 0 aliphatic heterocycles. The highest BCUT2D eigenvalue weighted by molar-refractivity contribution is 6.30. The third-order valence-corrected chi connectivity index (χ3v) is 4.56. The molecule has 0 bridgehead atoms. The van der Waals surface area contributed by atoms with Gasteiger partial charge in [0.2, 0.25) is 0 Å². The van der Waals surface area contributed by atoms with Crippen LogP contribution in [0.15, 0.2) is 60.7 Å². The predicted octanol–water partition coefficient (Wildman–Crippen LogP) is 5.94. The van der Waals surface area contributed by atoms with E-state index in [0.717, 1.165) is 0 Å². The average molecular weight is 436 g/mol. The fraction of sp³-hybridized carbons (Fsp3) is 0.136. The van der Waals surface area contributed by atoms with E-state index < -0.39 is 17.9 Å². The molecule has 0 aliphatic rings. The Balaban J connectivity index is 2.04. The van der Waals surface area contributed by atoms with Crippen molar-refractivity contribution < 1.29 is 27.4 Å². The number of benzene rings is 3. The number of halogens is 4. The molecule has 156 valence electrons. The first-order valence-electron chi connectivity index (χ1n) is 8.81. The van der Waals surface area contributed by atoms with Crippen LogP contribution >= 0.6 is 11.6 Å². The van der Waals surface area contributed by atoms with Crippen molar-refractivity contribution in [1.82, 2.24) is 0 Å². The molecule has 0 amide bonds. The fourth-order valence-corrected chi connectivity index (χ4v) is 2.99. The van der Waals surface area contributed by atoms with Crippen molar-refractivity contribution in [3.8, 4) is 11.5 Å². The summed E-state index contributed by atoms with van der Waals surface area (Å²) in [6, 6.07) is 16.1. The number of nitrogens with two attached hydrogens (primary N) is 1. The zero-order valence-electron chi connectivity index (χ0n) is 15.8. The quantitative estimate of drug-likeness (QED) is 0.384. The topological polar surface area (TPSA) is 61.6 Å². The molecule has 0 spiro atoms. The lowest BCUT2D eigenvalue weighted by Gasteiger charge is -2.20. The van der Waals surface area contributed by atoms with E-state index >= 15 is 0 Å². The van der Waals surface area contributed by atoms with Gasteiger partial charge in [-0.1, -0.05) is 54.1 Å². The summed E-state index contributed by atoms with van der Waals surface area (Å²) in [5.74, 6) is -1.32. The summed E-state index contributed by atoms with van der Waals surface area (Å²) in [6.07, 6.45) is -4.98. The Bertz CT molecular complexity index is 1050. The SMILES string of the molecule is Cc1c(C(=O)c2ccccc2)cc(N)c(OC(F)(F)F)c1OCc1ccc(Cl)cc1. The number of hydrogen-bond donors (Lipinski definition) is 1. The Morgan fingerprint density at radius 2 is 1.67 bits per heavy atom. The van der Waals surface area contributed by atoms with Crippen LogP contribution in [-0.4, -0.2) is 12.1 Å². The first-order chi connectivity index (χ1) is 14.2. The molecule has 0 unspecified atom stereocenters. The van der Waals surface area contributed by atoms with Crippen molar-refractivity contribution in [2.45, 2.75) is 19.9 Å². The van der Waals surface area contributed by atoms with E-state index in [4.69, 9.17) is 22.1 Å². The number of ketones is 1. The molecule has 0 aliphatic carbocycles. The van der Waals surface area contributed by atoms with Crippen molar-refractivity contribution in [2.24, 2.45) is 0 Å². The van der Waals surface area contributed by atoms with Gasteiger partial charge in [0.15, 0.2) is 17.3 Å². The van der Waals surface area contributed by atoms with Crippen LogP contribution in [0, 0.1) is 6.92 Å². The number of alkyl halides is 3. The molecule has 0 heterocycles. The number of nitrogen functional groups attached to an aromatic ring is 1. The summed E-state index contributed by atoms with van der Waals surface area (Å²) in [4.78, 5) is 12.9. The Labute approximate surface area is 176 Å². The van der Waals surface area contributed by atoms with Crippen LogP contribution in [0.25, 0.3) is 0 Å². The lowest BCUT2D eigenvalue weighted by molar-refractivity contribution is -0.274. The van der Waals surface area contributed by atoms with Crippen LogP contribution in [0.3, 0.4) is 0 Å². The highest BCUT2D eigenvalue weighted by Gasteiger charge is 2.35. The summed E-state index contributed by atoms with van der Waals surface area (Å²) in [5.41, 5.74) is 6.81. The molecule has 0 atom stereocenters. The maximum Gasteiger partial charge on any atom is 0.573 e. The second kappa shape index (κ2) is 8.67. The highest BCUT2D eigenvalue weighted by atomic mass is 35.5. The van der Waals surface area contributed by atoms with E-state index in [2.05, 4.69) is 4.74 Å². The fourth-order valence-electron chi connectivity index (χ4n) is 2.86. The smallest absolute Gasteiger partial charge is 0.485 e. The van der Waals surface area contributed by atoms with Gasteiger partial charge in [-0.15, -0.1) is 13.2 Å². The molecule has 0 saturated carbocycles. The first kappa shape index (κ1) is 21.5. The predicted molar refractivity (Wildman–Crippen MR) is 108 cm³/mol. The maximum atomic E-state index is 12.9. The summed E-state index contributed by atoms with van der Waals surface area (Å²) in [5, 5.41) is 0.510. The van der Waals surface area contributed by atoms with Gasteiger partial charge in [0.1, 0.15) is 6.61 Å². The molecule has 0 fully saturated rings. The summed E-state index contributed by atoms with van der Waals surface area (Å²) < 4.78 is 48.6. The minimum Gasteiger partial charge on any atom is -0.485 e. The molecule has 0 aromatic heterocycles. The Morgan fingerprint density at radius 1 is 1.03 bits per heavy atom. The Morgan fingerprint density at radius 3 is 2.27 bits per heavy atom. The second-order valence-electron chi connectivity index (χ2n) is 6.45. The van der Waals surface area contributed by atoms with Gasteiger partial charge in [0, 0.05) is 21.7 Å². The van der Waals surface area contributed by atoms with Crippen molar-refractivity contribution in [2.75, 3.05) is 5.73 Å². The number of carbonyl (C=O) groups is 1. The number of hydrogen-bond acceptors (Lipinski definition) is 4. The van der Waals surface area contributed by atoms with Crippen LogP contribution in [-0.2, 0) is 6.61 Å². The lowest BCUT2D eigenvalue weighted by atomic mass is 9.97. The van der Waals surface area contributed by atoms with Crippen LogP contribution in [0.2, 0.25) is 5.02 Å². The molecule has 8 heteroatoms. The molecule has 0 radical (unpaired) electrons. The summed E-state index contributed by atoms with van der Waals surface area (Å²) in [6.45, 7) is 1.41. The standard InChI is InChI=1S/C22H17ClF3NO3/c1-13-17(19(28)15-5-3-2-4-6-15)11-18(27)21(30-22(24,25)26)20(13)29-12-14-7-9-16(23)10-8-14/h2-11H,12,27H2,1H3. The minimum absolute atomic E-state index is 0.0748. The van der Waals surface area contributed by atoms with E-state index in [1.54, 1.807) is 54.6 Å². The van der Waals surface area contributed by atoms with Crippen LogP contribution in [0.4, 0.5) is 18.9 Å². The van der Waals surface area contributed by atoms with Crippen LogP contribution < -0.4 is 15.2 Å². The van der Waals surface area contributed by atoms with Gasteiger partial charge in [0.05, 0.1) is 5.69 Å². The van der Waals surface area contributed by atoms with E-state index in [1.807, 2.05) is 0 Å². The Kier molecular flexibility index (Phi) is 6.22. The van der Waals surface area contributed by atoms with Gasteiger partial charge >= 0.3 is 6.36 Å². The molecule has 3 rings (SSSR count). The van der Waals surface area contributed by atoms with Crippen molar-refractivity contribution in [1.29, 1.82) is 0 Å². The molecular weight excluding hydrogens is 419 g/mol. The average Bonchev–Trinajstić information content (AvgIpc) is 2.70. The molecule has 4 nitrogen and oxygen atoms in total. The van der Waals surface area contributed by atoms with Crippen molar-refractivity contribution in [3.05, 3.63) is 87.9 Å².